The van der Waals surface area contributed by atoms with Gasteiger partial charge in [0.25, 0.3) is 0 Å². The van der Waals surface area contributed by atoms with E-state index >= 15 is 0 Å². The summed E-state index contributed by atoms with van der Waals surface area (Å²) in [6, 6.07) is 0. The predicted molar refractivity (Wildman–Crippen MR) is 73.8 cm³/mol. The van der Waals surface area contributed by atoms with Crippen LogP contribution in [0.2, 0.25) is 0 Å². The van der Waals surface area contributed by atoms with Crippen LogP contribution in [-0.4, -0.2) is 45.0 Å². The second-order valence-corrected chi connectivity index (χ2v) is 19.6. The van der Waals surface area contributed by atoms with Gasteiger partial charge >= 0.3 is 101 Å². The third kappa shape index (κ3) is 4.25. The van der Waals surface area contributed by atoms with Crippen LogP contribution in [0.4, 0.5) is 0 Å². The van der Waals surface area contributed by atoms with E-state index in [9.17, 15) is 0 Å². The Kier molecular flexibility index (Phi) is 6.66. The monoisotopic (exact) mass is 315 g/mol. The third-order valence-corrected chi connectivity index (χ3v) is 20.9. The van der Waals surface area contributed by atoms with Gasteiger partial charge < -0.3 is 0 Å². The topological polar surface area (TPSA) is 3.24 Å². The molecule has 0 unspecified atom stereocenters. The molecule has 1 fully saturated rings. The molecule has 1 aliphatic heterocycles. The molecule has 13 heavy (non-hydrogen) atoms. The van der Waals surface area contributed by atoms with Crippen molar-refractivity contribution in [2.45, 2.75) is 13.8 Å². The Morgan fingerprint density at radius 1 is 1.38 bits per heavy atom. The van der Waals surface area contributed by atoms with Crippen LogP contribution in [0.15, 0.2) is 0 Å². The molecular formula is C7H14AsNS4. The van der Waals surface area contributed by atoms with Gasteiger partial charge in [0.1, 0.15) is 0 Å². The summed E-state index contributed by atoms with van der Waals surface area (Å²) in [6.45, 7) is 6.46. The van der Waals surface area contributed by atoms with Gasteiger partial charge in [-0.05, 0) is 0 Å². The zero-order valence-electron chi connectivity index (χ0n) is 7.86. The van der Waals surface area contributed by atoms with Gasteiger partial charge in [-0.3, -0.25) is 0 Å². The maximum atomic E-state index is 5.41. The van der Waals surface area contributed by atoms with Crippen molar-refractivity contribution in [2.75, 3.05) is 24.6 Å². The van der Waals surface area contributed by atoms with E-state index in [1.165, 1.54) is 11.5 Å². The number of nitrogens with zero attached hydrogens (tertiary/aromatic N) is 1. The molecule has 76 valence electrons. The summed E-state index contributed by atoms with van der Waals surface area (Å²) in [6.07, 6.45) is 0. The van der Waals surface area contributed by atoms with Crippen molar-refractivity contribution in [1.82, 2.24) is 4.90 Å². The van der Waals surface area contributed by atoms with E-state index in [1.807, 2.05) is 10.0 Å². The van der Waals surface area contributed by atoms with Crippen LogP contribution < -0.4 is 0 Å². The van der Waals surface area contributed by atoms with Crippen LogP contribution in [0, 0.1) is 0 Å². The van der Waals surface area contributed by atoms with Crippen molar-refractivity contribution in [3.05, 3.63) is 0 Å². The first-order valence-electron chi connectivity index (χ1n) is 4.30. The molecule has 0 aromatic rings. The summed E-state index contributed by atoms with van der Waals surface area (Å²) in [7, 11) is 6.33. The fourth-order valence-corrected chi connectivity index (χ4v) is 22.4. The molecule has 0 saturated carbocycles. The zero-order chi connectivity index (χ0) is 9.68. The van der Waals surface area contributed by atoms with Crippen molar-refractivity contribution < 1.29 is 0 Å². The Morgan fingerprint density at radius 3 is 2.38 bits per heavy atom. The number of rotatable bonds is 3. The van der Waals surface area contributed by atoms with Crippen molar-refractivity contribution >= 4 is 57.8 Å². The quantitative estimate of drug-likeness (QED) is 0.580. The average Bonchev–Trinajstić information content (AvgIpc) is 2.59. The Balaban J connectivity index is 2.29. The van der Waals surface area contributed by atoms with Crippen LogP contribution >= 0.6 is 42.3 Å². The Morgan fingerprint density at radius 2 is 1.92 bits per heavy atom. The summed E-state index contributed by atoms with van der Waals surface area (Å²) in [5.74, 6) is 2.69. The van der Waals surface area contributed by atoms with E-state index in [0.717, 1.165) is 17.4 Å². The first kappa shape index (κ1) is 12.6. The SMILES string of the molecule is CCN(CC)C(=S)S[As]1SCCS1. The number of thiocarbonyl (C=S) groups is 1. The molecule has 1 rings (SSSR count). The van der Waals surface area contributed by atoms with Crippen LogP contribution in [0.1, 0.15) is 13.8 Å². The normalized spacial score (nSPS) is 17.7. The van der Waals surface area contributed by atoms with Gasteiger partial charge in [0.15, 0.2) is 0 Å². The Labute approximate surface area is 100 Å². The summed E-state index contributed by atoms with van der Waals surface area (Å²) < 4.78 is 1.13. The predicted octanol–water partition coefficient (Wildman–Crippen LogP) is 2.81. The van der Waals surface area contributed by atoms with Crippen LogP contribution in [0.5, 0.6) is 0 Å². The Bertz CT molecular complexity index is 168. The minimum absolute atomic E-state index is 0.721. The molecule has 0 N–H and O–H groups in total. The molecule has 6 heteroatoms. The van der Waals surface area contributed by atoms with E-state index < -0.39 is 11.2 Å². The number of hydrogen-bond acceptors (Lipinski definition) is 4. The average molecular weight is 315 g/mol. The standard InChI is InChI=1S/C7H14AsNS4/c1-3-9(4-2)7(10)13-8-11-5-6-12-8/h3-6H2,1-2H3. The van der Waals surface area contributed by atoms with Crippen molar-refractivity contribution in [2.24, 2.45) is 0 Å². The minimum atomic E-state index is -0.721. The molecule has 0 aliphatic carbocycles. The van der Waals surface area contributed by atoms with Gasteiger partial charge in [-0.15, -0.1) is 0 Å². The second kappa shape index (κ2) is 6.89. The first-order chi connectivity index (χ1) is 6.27. The molecule has 0 radical (unpaired) electrons. The molecule has 0 aromatic carbocycles. The van der Waals surface area contributed by atoms with Gasteiger partial charge in [0, 0.05) is 0 Å². The fraction of sp³-hybridized carbons (Fsp3) is 0.857. The van der Waals surface area contributed by atoms with Crippen molar-refractivity contribution in [3.8, 4) is 0 Å². The van der Waals surface area contributed by atoms with Crippen LogP contribution in [-0.2, 0) is 0 Å². The maximum absolute atomic E-state index is 5.41. The first-order valence-corrected chi connectivity index (χ1v) is 14.3. The van der Waals surface area contributed by atoms with Gasteiger partial charge in [0.05, 0.1) is 0 Å². The van der Waals surface area contributed by atoms with Gasteiger partial charge in [-0.25, -0.2) is 0 Å². The van der Waals surface area contributed by atoms with Gasteiger partial charge in [-0.2, -0.15) is 0 Å². The van der Waals surface area contributed by atoms with Gasteiger partial charge in [-0.1, -0.05) is 0 Å². The fourth-order valence-electron chi connectivity index (χ4n) is 0.917. The molecule has 0 amide bonds. The van der Waals surface area contributed by atoms with Crippen LogP contribution in [0.25, 0.3) is 0 Å². The summed E-state index contributed by atoms with van der Waals surface area (Å²) in [5.41, 5.74) is 0. The molecule has 1 saturated heterocycles. The van der Waals surface area contributed by atoms with E-state index in [-0.39, 0.29) is 0 Å². The van der Waals surface area contributed by atoms with Crippen molar-refractivity contribution in [3.63, 3.8) is 0 Å². The van der Waals surface area contributed by atoms with Crippen LogP contribution in [0.3, 0.4) is 0 Å². The zero-order valence-corrected chi connectivity index (χ0v) is 13.0. The molecule has 1 heterocycles. The summed E-state index contributed by atoms with van der Waals surface area (Å²) >= 11 is 4.69. The van der Waals surface area contributed by atoms with E-state index in [1.54, 1.807) is 0 Å². The molecule has 1 nitrogen and oxygen atoms in total. The van der Waals surface area contributed by atoms with Crippen molar-refractivity contribution in [1.29, 1.82) is 0 Å². The van der Waals surface area contributed by atoms with E-state index in [0.29, 0.717) is 0 Å². The van der Waals surface area contributed by atoms with E-state index in [4.69, 9.17) is 12.2 Å². The second-order valence-electron chi connectivity index (χ2n) is 2.42. The van der Waals surface area contributed by atoms with E-state index in [2.05, 4.69) is 38.8 Å². The molecule has 1 aliphatic rings. The molecule has 0 spiro atoms. The van der Waals surface area contributed by atoms with Gasteiger partial charge in [0.2, 0.25) is 0 Å². The Hall–Kier alpha value is 1.50. The summed E-state index contributed by atoms with van der Waals surface area (Å²) in [5, 5.41) is 0. The molecule has 0 bridgehead atoms. The summed E-state index contributed by atoms with van der Waals surface area (Å²) in [4.78, 5) is 2.29. The number of hydrogen-bond donors (Lipinski definition) is 0. The molecule has 0 aromatic heterocycles. The molecule has 0 atom stereocenters. The third-order valence-electron chi connectivity index (χ3n) is 1.65. The molecular weight excluding hydrogens is 301 g/mol.